The molecule has 0 aliphatic carbocycles. The van der Waals surface area contributed by atoms with Crippen molar-refractivity contribution >= 4 is 23.8 Å². The summed E-state index contributed by atoms with van der Waals surface area (Å²) in [7, 11) is 0. The van der Waals surface area contributed by atoms with Gasteiger partial charge in [-0.2, -0.15) is 11.8 Å². The van der Waals surface area contributed by atoms with Gasteiger partial charge in [0, 0.05) is 0 Å². The van der Waals surface area contributed by atoms with Crippen molar-refractivity contribution in [2.24, 2.45) is 0 Å². The Hall–Kier alpha value is -0.910. The van der Waals surface area contributed by atoms with Crippen molar-refractivity contribution in [3.05, 3.63) is 0 Å². The predicted octanol–water partition coefficient (Wildman–Crippen LogP) is 2.59. The monoisotopic (exact) mass is 291 g/mol. The van der Waals surface area contributed by atoms with Gasteiger partial charge in [0.15, 0.2) is 0 Å². The molecule has 0 heterocycles. The van der Waals surface area contributed by atoms with Crippen LogP contribution in [0.1, 0.15) is 39.5 Å². The average molecular weight is 291 g/mol. The Labute approximate surface area is 119 Å². The van der Waals surface area contributed by atoms with Crippen LogP contribution >= 0.6 is 11.8 Å². The summed E-state index contributed by atoms with van der Waals surface area (Å²) in [5, 5.41) is 2.56. The van der Waals surface area contributed by atoms with E-state index in [4.69, 9.17) is 9.47 Å². The van der Waals surface area contributed by atoms with Gasteiger partial charge in [0.1, 0.15) is 6.04 Å². The lowest BCUT2D eigenvalue weighted by molar-refractivity contribution is -0.146. The van der Waals surface area contributed by atoms with Crippen LogP contribution in [0, 0.1) is 0 Å². The molecule has 0 rings (SSSR count). The average Bonchev–Trinajstić information content (AvgIpc) is 2.41. The maximum absolute atomic E-state index is 11.8. The van der Waals surface area contributed by atoms with Crippen LogP contribution in [-0.2, 0) is 14.3 Å². The summed E-state index contributed by atoms with van der Waals surface area (Å²) in [6.45, 7) is 4.69. The molecule has 0 fully saturated rings. The molecule has 0 aromatic heterocycles. The SMILES string of the molecule is CCCCOC(=O)C(CCSC)NC(=O)OCCC. The fourth-order valence-corrected chi connectivity index (χ4v) is 1.75. The molecule has 19 heavy (non-hydrogen) atoms. The number of hydrogen-bond donors (Lipinski definition) is 1. The van der Waals surface area contributed by atoms with Gasteiger partial charge in [-0.3, -0.25) is 0 Å². The highest BCUT2D eigenvalue weighted by Gasteiger charge is 2.22. The van der Waals surface area contributed by atoms with Crippen molar-refractivity contribution in [1.29, 1.82) is 0 Å². The van der Waals surface area contributed by atoms with Gasteiger partial charge >= 0.3 is 12.1 Å². The highest BCUT2D eigenvalue weighted by atomic mass is 32.2. The third-order valence-corrected chi connectivity index (χ3v) is 3.01. The first-order chi connectivity index (χ1) is 9.15. The number of hydrogen-bond acceptors (Lipinski definition) is 5. The molecular formula is C13H25NO4S. The predicted molar refractivity (Wildman–Crippen MR) is 77.4 cm³/mol. The summed E-state index contributed by atoms with van der Waals surface area (Å²) in [6, 6.07) is -0.617. The van der Waals surface area contributed by atoms with E-state index >= 15 is 0 Å². The van der Waals surface area contributed by atoms with Crippen LogP contribution in [0.4, 0.5) is 4.79 Å². The number of carbonyl (C=O) groups excluding carboxylic acids is 2. The van der Waals surface area contributed by atoms with Gasteiger partial charge in [-0.15, -0.1) is 0 Å². The molecule has 1 amide bonds. The maximum atomic E-state index is 11.8. The minimum atomic E-state index is -0.617. The Morgan fingerprint density at radius 3 is 2.47 bits per heavy atom. The van der Waals surface area contributed by atoms with Gasteiger partial charge in [0.25, 0.3) is 0 Å². The standard InChI is InChI=1S/C13H25NO4S/c1-4-6-9-17-12(15)11(7-10-19-3)14-13(16)18-8-5-2/h11H,4-10H2,1-3H3,(H,14,16). The topological polar surface area (TPSA) is 64.6 Å². The molecule has 0 aromatic carbocycles. The van der Waals surface area contributed by atoms with Crippen LogP contribution in [0.25, 0.3) is 0 Å². The Morgan fingerprint density at radius 1 is 1.16 bits per heavy atom. The largest absolute Gasteiger partial charge is 0.464 e. The fourth-order valence-electron chi connectivity index (χ4n) is 1.28. The van der Waals surface area contributed by atoms with E-state index in [1.807, 2.05) is 20.1 Å². The van der Waals surface area contributed by atoms with E-state index < -0.39 is 12.1 Å². The summed E-state index contributed by atoms with van der Waals surface area (Å²) in [5.74, 6) is 0.401. The van der Waals surface area contributed by atoms with Crippen molar-refractivity contribution in [3.63, 3.8) is 0 Å². The third kappa shape index (κ3) is 9.64. The molecule has 0 aliphatic rings. The van der Waals surface area contributed by atoms with Gasteiger partial charge in [-0.05, 0) is 31.3 Å². The van der Waals surface area contributed by atoms with Gasteiger partial charge in [-0.25, -0.2) is 9.59 Å². The Kier molecular flexibility index (Phi) is 11.6. The first kappa shape index (κ1) is 18.1. The number of alkyl carbamates (subject to hydrolysis) is 1. The second-order valence-corrected chi connectivity index (χ2v) is 5.12. The molecule has 0 bridgehead atoms. The lowest BCUT2D eigenvalue weighted by atomic mass is 10.2. The quantitative estimate of drug-likeness (QED) is 0.495. The summed E-state index contributed by atoms with van der Waals surface area (Å²) >= 11 is 1.62. The highest BCUT2D eigenvalue weighted by Crippen LogP contribution is 2.04. The summed E-state index contributed by atoms with van der Waals surface area (Å²) in [5.41, 5.74) is 0. The Morgan fingerprint density at radius 2 is 1.89 bits per heavy atom. The molecule has 112 valence electrons. The smallest absolute Gasteiger partial charge is 0.407 e. The lowest BCUT2D eigenvalue weighted by Gasteiger charge is -2.17. The van der Waals surface area contributed by atoms with Crippen LogP contribution in [-0.4, -0.2) is 43.3 Å². The minimum Gasteiger partial charge on any atom is -0.464 e. The normalized spacial score (nSPS) is 11.7. The molecule has 1 unspecified atom stereocenters. The summed E-state index contributed by atoms with van der Waals surface area (Å²) in [4.78, 5) is 23.3. The van der Waals surface area contributed by atoms with E-state index in [1.165, 1.54) is 0 Å². The van der Waals surface area contributed by atoms with Crippen LogP contribution in [0.2, 0.25) is 0 Å². The van der Waals surface area contributed by atoms with Crippen LogP contribution in [0.3, 0.4) is 0 Å². The molecule has 6 heteroatoms. The molecular weight excluding hydrogens is 266 g/mol. The Bertz CT molecular complexity index is 261. The molecule has 1 atom stereocenters. The Balaban J connectivity index is 4.19. The molecule has 1 N–H and O–H groups in total. The van der Waals surface area contributed by atoms with Gasteiger partial charge < -0.3 is 14.8 Å². The van der Waals surface area contributed by atoms with E-state index in [1.54, 1.807) is 11.8 Å². The first-order valence-corrected chi connectivity index (χ1v) is 8.13. The van der Waals surface area contributed by atoms with E-state index in [2.05, 4.69) is 5.32 Å². The number of amides is 1. The molecule has 0 aromatic rings. The zero-order valence-electron chi connectivity index (χ0n) is 12.1. The van der Waals surface area contributed by atoms with Gasteiger partial charge in [0.2, 0.25) is 0 Å². The molecule has 0 saturated heterocycles. The third-order valence-electron chi connectivity index (χ3n) is 2.37. The van der Waals surface area contributed by atoms with E-state index in [0.29, 0.717) is 19.6 Å². The van der Waals surface area contributed by atoms with Crippen molar-refractivity contribution in [2.75, 3.05) is 25.2 Å². The second-order valence-electron chi connectivity index (χ2n) is 4.14. The first-order valence-electron chi connectivity index (χ1n) is 6.74. The van der Waals surface area contributed by atoms with E-state index in [0.717, 1.165) is 25.0 Å². The van der Waals surface area contributed by atoms with Crippen molar-refractivity contribution in [3.8, 4) is 0 Å². The highest BCUT2D eigenvalue weighted by molar-refractivity contribution is 7.98. The van der Waals surface area contributed by atoms with Crippen LogP contribution < -0.4 is 5.32 Å². The zero-order valence-corrected chi connectivity index (χ0v) is 12.9. The molecule has 5 nitrogen and oxygen atoms in total. The summed E-state index contributed by atoms with van der Waals surface area (Å²) in [6.07, 6.45) is 4.50. The number of ether oxygens (including phenoxy) is 2. The second kappa shape index (κ2) is 12.1. The number of unbranched alkanes of at least 4 members (excludes halogenated alkanes) is 1. The van der Waals surface area contributed by atoms with Crippen LogP contribution in [0.15, 0.2) is 0 Å². The van der Waals surface area contributed by atoms with Crippen LogP contribution in [0.5, 0.6) is 0 Å². The molecule has 0 radical (unpaired) electrons. The molecule has 0 saturated carbocycles. The van der Waals surface area contributed by atoms with Crippen molar-refractivity contribution < 1.29 is 19.1 Å². The zero-order chi connectivity index (χ0) is 14.5. The van der Waals surface area contributed by atoms with Gasteiger partial charge in [0.05, 0.1) is 13.2 Å². The van der Waals surface area contributed by atoms with E-state index in [-0.39, 0.29) is 5.97 Å². The maximum Gasteiger partial charge on any atom is 0.407 e. The number of nitrogens with one attached hydrogen (secondary N) is 1. The van der Waals surface area contributed by atoms with Gasteiger partial charge in [-0.1, -0.05) is 20.3 Å². The minimum absolute atomic E-state index is 0.353. The lowest BCUT2D eigenvalue weighted by Crippen LogP contribution is -2.42. The number of thioether (sulfide) groups is 1. The molecule has 0 aliphatic heterocycles. The van der Waals surface area contributed by atoms with E-state index in [9.17, 15) is 9.59 Å². The number of carbonyl (C=O) groups is 2. The summed E-state index contributed by atoms with van der Waals surface area (Å²) < 4.78 is 10.0. The number of rotatable bonds is 10. The molecule has 0 spiro atoms. The fraction of sp³-hybridized carbons (Fsp3) is 0.846. The van der Waals surface area contributed by atoms with Crippen molar-refractivity contribution in [2.45, 2.75) is 45.6 Å². The number of esters is 1. The van der Waals surface area contributed by atoms with Crippen molar-refractivity contribution in [1.82, 2.24) is 5.32 Å².